The van der Waals surface area contributed by atoms with Crippen LogP contribution in [0.15, 0.2) is 48.5 Å². The van der Waals surface area contributed by atoms with Gasteiger partial charge in [-0.05, 0) is 55.5 Å². The van der Waals surface area contributed by atoms with Gasteiger partial charge in [-0.15, -0.1) is 0 Å². The SMILES string of the molecule is CC[C@@H](C)c1ccccc1NC(=O)[C@@H](C)Oc1cccc(C)c1. The highest BCUT2D eigenvalue weighted by Crippen LogP contribution is 2.26. The molecular weight excluding hydrogens is 286 g/mol. The summed E-state index contributed by atoms with van der Waals surface area (Å²) in [6.45, 7) is 8.08. The summed E-state index contributed by atoms with van der Waals surface area (Å²) in [5.74, 6) is 0.976. The van der Waals surface area contributed by atoms with Crippen LogP contribution in [0.5, 0.6) is 5.75 Å². The number of carbonyl (C=O) groups excluding carboxylic acids is 1. The molecule has 1 N–H and O–H groups in total. The van der Waals surface area contributed by atoms with E-state index in [-0.39, 0.29) is 5.91 Å². The third kappa shape index (κ3) is 4.59. The van der Waals surface area contributed by atoms with E-state index in [2.05, 4.69) is 25.2 Å². The number of amides is 1. The average molecular weight is 311 g/mol. The standard InChI is InChI=1S/C20H25NO2/c1-5-15(3)18-11-6-7-12-19(18)21-20(22)16(4)23-17-10-8-9-14(2)13-17/h6-13,15-16H,5H2,1-4H3,(H,21,22)/t15-,16-/m1/s1. The molecule has 0 aliphatic heterocycles. The number of para-hydroxylation sites is 1. The Morgan fingerprint density at radius 1 is 1.13 bits per heavy atom. The molecule has 0 heterocycles. The minimum Gasteiger partial charge on any atom is -0.481 e. The van der Waals surface area contributed by atoms with Gasteiger partial charge in [0.05, 0.1) is 0 Å². The molecule has 2 rings (SSSR count). The summed E-state index contributed by atoms with van der Waals surface area (Å²) < 4.78 is 5.74. The monoisotopic (exact) mass is 311 g/mol. The molecule has 0 unspecified atom stereocenters. The molecule has 122 valence electrons. The molecule has 0 spiro atoms. The fourth-order valence-corrected chi connectivity index (χ4v) is 2.44. The Bertz CT molecular complexity index is 666. The van der Waals surface area contributed by atoms with E-state index in [1.54, 1.807) is 6.92 Å². The van der Waals surface area contributed by atoms with Crippen molar-refractivity contribution >= 4 is 11.6 Å². The molecule has 0 aliphatic rings. The molecule has 0 radical (unpaired) electrons. The van der Waals surface area contributed by atoms with Gasteiger partial charge in [-0.2, -0.15) is 0 Å². The zero-order valence-corrected chi connectivity index (χ0v) is 14.3. The molecule has 2 aromatic rings. The van der Waals surface area contributed by atoms with Gasteiger partial charge in [0.2, 0.25) is 0 Å². The summed E-state index contributed by atoms with van der Waals surface area (Å²) in [6.07, 6.45) is 0.476. The highest BCUT2D eigenvalue weighted by molar-refractivity contribution is 5.94. The van der Waals surface area contributed by atoms with E-state index in [0.29, 0.717) is 11.7 Å². The molecule has 3 nitrogen and oxygen atoms in total. The van der Waals surface area contributed by atoms with Crippen LogP contribution in [0.1, 0.15) is 44.2 Å². The quantitative estimate of drug-likeness (QED) is 0.822. The van der Waals surface area contributed by atoms with Gasteiger partial charge in [0.15, 0.2) is 6.10 Å². The Kier molecular flexibility index (Phi) is 5.80. The highest BCUT2D eigenvalue weighted by Gasteiger charge is 2.17. The van der Waals surface area contributed by atoms with Gasteiger partial charge in [-0.25, -0.2) is 0 Å². The first-order chi connectivity index (χ1) is 11.0. The van der Waals surface area contributed by atoms with Crippen molar-refractivity contribution in [3.05, 3.63) is 59.7 Å². The van der Waals surface area contributed by atoms with Crippen LogP contribution in [0, 0.1) is 6.92 Å². The molecule has 0 saturated carbocycles. The van der Waals surface area contributed by atoms with Gasteiger partial charge in [-0.1, -0.05) is 44.2 Å². The number of anilines is 1. The van der Waals surface area contributed by atoms with Crippen molar-refractivity contribution in [1.82, 2.24) is 0 Å². The minimum atomic E-state index is -0.554. The Hall–Kier alpha value is -2.29. The maximum absolute atomic E-state index is 12.4. The second kappa shape index (κ2) is 7.82. The maximum Gasteiger partial charge on any atom is 0.265 e. The number of rotatable bonds is 6. The first-order valence-electron chi connectivity index (χ1n) is 8.14. The molecule has 23 heavy (non-hydrogen) atoms. The molecule has 0 saturated heterocycles. The molecule has 0 aliphatic carbocycles. The predicted molar refractivity (Wildman–Crippen MR) is 95.0 cm³/mol. The number of ether oxygens (including phenoxy) is 1. The second-order valence-corrected chi connectivity index (χ2v) is 5.96. The number of aryl methyl sites for hydroxylation is 1. The average Bonchev–Trinajstić information content (AvgIpc) is 2.54. The molecular formula is C20H25NO2. The summed E-state index contributed by atoms with van der Waals surface area (Å²) in [7, 11) is 0. The first kappa shape index (κ1) is 17.1. The maximum atomic E-state index is 12.4. The van der Waals surface area contributed by atoms with Crippen molar-refractivity contribution < 1.29 is 9.53 Å². The van der Waals surface area contributed by atoms with E-state index in [9.17, 15) is 4.79 Å². The minimum absolute atomic E-state index is 0.137. The highest BCUT2D eigenvalue weighted by atomic mass is 16.5. The van der Waals surface area contributed by atoms with Gasteiger partial charge < -0.3 is 10.1 Å². The van der Waals surface area contributed by atoms with Gasteiger partial charge in [0, 0.05) is 5.69 Å². The van der Waals surface area contributed by atoms with Crippen molar-refractivity contribution in [1.29, 1.82) is 0 Å². The van der Waals surface area contributed by atoms with Crippen molar-refractivity contribution in [3.8, 4) is 5.75 Å². The van der Waals surface area contributed by atoms with Crippen molar-refractivity contribution in [2.75, 3.05) is 5.32 Å². The van der Waals surface area contributed by atoms with Crippen LogP contribution < -0.4 is 10.1 Å². The van der Waals surface area contributed by atoms with E-state index in [1.165, 1.54) is 0 Å². The van der Waals surface area contributed by atoms with E-state index >= 15 is 0 Å². The second-order valence-electron chi connectivity index (χ2n) is 5.96. The topological polar surface area (TPSA) is 38.3 Å². The lowest BCUT2D eigenvalue weighted by Gasteiger charge is -2.18. The van der Waals surface area contributed by atoms with E-state index in [0.717, 1.165) is 23.2 Å². The van der Waals surface area contributed by atoms with Gasteiger partial charge in [0.1, 0.15) is 5.75 Å². The molecule has 2 aromatic carbocycles. The predicted octanol–water partition coefficient (Wildman–Crippen LogP) is 4.91. The summed E-state index contributed by atoms with van der Waals surface area (Å²) >= 11 is 0. The molecule has 3 heteroatoms. The molecule has 0 aromatic heterocycles. The molecule has 1 amide bonds. The lowest BCUT2D eigenvalue weighted by Crippen LogP contribution is -2.30. The first-order valence-corrected chi connectivity index (χ1v) is 8.14. The number of nitrogens with one attached hydrogen (secondary N) is 1. The number of carbonyl (C=O) groups is 1. The fraction of sp³-hybridized carbons (Fsp3) is 0.350. The Balaban J connectivity index is 2.07. The Labute approximate surface area is 138 Å². The lowest BCUT2D eigenvalue weighted by atomic mass is 9.97. The van der Waals surface area contributed by atoms with E-state index in [4.69, 9.17) is 4.74 Å². The summed E-state index contributed by atoms with van der Waals surface area (Å²) in [6, 6.07) is 15.7. The summed E-state index contributed by atoms with van der Waals surface area (Å²) in [4.78, 5) is 12.4. The molecule has 2 atom stereocenters. The summed E-state index contributed by atoms with van der Waals surface area (Å²) in [5.41, 5.74) is 3.13. The van der Waals surface area contributed by atoms with Crippen molar-refractivity contribution in [2.45, 2.75) is 46.1 Å². The van der Waals surface area contributed by atoms with Crippen LogP contribution >= 0.6 is 0 Å². The van der Waals surface area contributed by atoms with Crippen LogP contribution in [0.25, 0.3) is 0 Å². The van der Waals surface area contributed by atoms with Crippen LogP contribution in [0.4, 0.5) is 5.69 Å². The van der Waals surface area contributed by atoms with E-state index in [1.807, 2.05) is 49.4 Å². The molecule has 0 fully saturated rings. The van der Waals surface area contributed by atoms with Crippen molar-refractivity contribution in [3.63, 3.8) is 0 Å². The largest absolute Gasteiger partial charge is 0.481 e. The van der Waals surface area contributed by atoms with Gasteiger partial charge in [0.25, 0.3) is 5.91 Å². The van der Waals surface area contributed by atoms with E-state index < -0.39 is 6.10 Å². The van der Waals surface area contributed by atoms with Gasteiger partial charge >= 0.3 is 0 Å². The van der Waals surface area contributed by atoms with Crippen LogP contribution in [-0.4, -0.2) is 12.0 Å². The van der Waals surface area contributed by atoms with Crippen LogP contribution in [-0.2, 0) is 4.79 Å². The van der Waals surface area contributed by atoms with Crippen LogP contribution in [0.3, 0.4) is 0 Å². The number of benzene rings is 2. The smallest absolute Gasteiger partial charge is 0.265 e. The number of hydrogen-bond acceptors (Lipinski definition) is 2. The fourth-order valence-electron chi connectivity index (χ4n) is 2.44. The van der Waals surface area contributed by atoms with Gasteiger partial charge in [-0.3, -0.25) is 4.79 Å². The zero-order chi connectivity index (χ0) is 16.8. The van der Waals surface area contributed by atoms with Crippen LogP contribution in [0.2, 0.25) is 0 Å². The summed E-state index contributed by atoms with van der Waals surface area (Å²) in [5, 5.41) is 3.00. The molecule has 0 bridgehead atoms. The number of hydrogen-bond donors (Lipinski definition) is 1. The lowest BCUT2D eigenvalue weighted by molar-refractivity contribution is -0.122. The third-order valence-electron chi connectivity index (χ3n) is 4.03. The Morgan fingerprint density at radius 3 is 2.57 bits per heavy atom. The normalized spacial score (nSPS) is 13.2. The third-order valence-corrected chi connectivity index (χ3v) is 4.03. The zero-order valence-electron chi connectivity index (χ0n) is 14.3. The Morgan fingerprint density at radius 2 is 1.87 bits per heavy atom. The van der Waals surface area contributed by atoms with Crippen molar-refractivity contribution in [2.24, 2.45) is 0 Å².